The minimum atomic E-state index is -3.40. The van der Waals surface area contributed by atoms with Crippen LogP contribution in [0.15, 0.2) is 152 Å². The number of benzene rings is 5. The van der Waals surface area contributed by atoms with E-state index < -0.39 is 26.9 Å². The summed E-state index contributed by atoms with van der Waals surface area (Å²) in [6.07, 6.45) is -0.781. The lowest BCUT2D eigenvalue weighted by molar-refractivity contribution is 0.109. The topological polar surface area (TPSA) is 141 Å². The summed E-state index contributed by atoms with van der Waals surface area (Å²) in [5.74, 6) is 0. The number of aliphatic hydroxyl groups is 2. The maximum Gasteiger partial charge on any atom is 0.258 e. The van der Waals surface area contributed by atoms with Crippen LogP contribution in [0, 0.1) is 0 Å². The molecule has 2 unspecified atom stereocenters. The van der Waals surface area contributed by atoms with E-state index in [1.807, 2.05) is 42.5 Å². The number of rotatable bonds is 7. The molecule has 0 saturated carbocycles. The maximum absolute atomic E-state index is 12.2. The molecule has 6 N–H and O–H groups in total. The van der Waals surface area contributed by atoms with Crippen LogP contribution in [0.2, 0.25) is 0 Å². The van der Waals surface area contributed by atoms with E-state index in [0.717, 1.165) is 5.56 Å². The van der Waals surface area contributed by atoms with Crippen LogP contribution >= 0.6 is 14.7 Å². The molecule has 9 heteroatoms. The monoisotopic (exact) mass is 603 g/mol. The normalized spacial score (nSPS) is 12.5. The Morgan fingerprint density at radius 1 is 0.500 bits per heavy atom. The van der Waals surface area contributed by atoms with Gasteiger partial charge >= 0.3 is 0 Å². The van der Waals surface area contributed by atoms with Gasteiger partial charge in [-0.1, -0.05) is 103 Å². The summed E-state index contributed by atoms with van der Waals surface area (Å²) in [5, 5.41) is 20.1. The van der Waals surface area contributed by atoms with E-state index >= 15 is 0 Å². The molecule has 0 saturated heterocycles. The molecule has 218 valence electrons. The van der Waals surface area contributed by atoms with Crippen LogP contribution in [0.4, 0.5) is 0 Å². The van der Waals surface area contributed by atoms with Crippen LogP contribution in [0.1, 0.15) is 11.7 Å². The molecular formula is C33H35NO6P2. The van der Waals surface area contributed by atoms with Crippen molar-refractivity contribution in [3.63, 3.8) is 0 Å². The summed E-state index contributed by atoms with van der Waals surface area (Å²) in [6, 6.07) is 43.3. The highest BCUT2D eigenvalue weighted by Crippen LogP contribution is 2.38. The van der Waals surface area contributed by atoms with E-state index in [1.165, 1.54) is 0 Å². The van der Waals surface area contributed by atoms with Gasteiger partial charge < -0.3 is 25.7 Å². The average Bonchev–Trinajstić information content (AvgIpc) is 3.06. The van der Waals surface area contributed by atoms with Gasteiger partial charge in [0, 0.05) is 21.2 Å². The Balaban J connectivity index is 0.000000174. The lowest BCUT2D eigenvalue weighted by Crippen LogP contribution is -2.31. The fraction of sp³-hybridized carbons (Fsp3) is 0.0909. The molecule has 0 radical (unpaired) electrons. The SMILES string of the molecule is NC(CO)C(O)c1ccccc1.O=P(O)(c1ccccc1)c1ccccc1.O=P(O)(c1ccccc1)c1ccccc1. The van der Waals surface area contributed by atoms with Crippen molar-refractivity contribution in [3.8, 4) is 0 Å². The van der Waals surface area contributed by atoms with Crippen LogP contribution in [0.25, 0.3) is 0 Å². The van der Waals surface area contributed by atoms with Gasteiger partial charge in [0.2, 0.25) is 0 Å². The lowest BCUT2D eigenvalue weighted by atomic mass is 10.0. The van der Waals surface area contributed by atoms with E-state index in [9.17, 15) is 24.0 Å². The zero-order valence-corrected chi connectivity index (χ0v) is 24.7. The van der Waals surface area contributed by atoms with E-state index in [1.54, 1.807) is 109 Å². The first-order valence-corrected chi connectivity index (χ1v) is 16.5. The minimum Gasteiger partial charge on any atom is -0.395 e. The van der Waals surface area contributed by atoms with E-state index in [0.29, 0.717) is 21.2 Å². The molecule has 5 aromatic carbocycles. The van der Waals surface area contributed by atoms with Crippen molar-refractivity contribution in [3.05, 3.63) is 157 Å². The van der Waals surface area contributed by atoms with Crippen molar-refractivity contribution in [2.24, 2.45) is 5.73 Å². The third-order valence-corrected chi connectivity index (χ3v) is 10.2. The second kappa shape index (κ2) is 16.1. The smallest absolute Gasteiger partial charge is 0.258 e. The van der Waals surface area contributed by atoms with Crippen molar-refractivity contribution in [2.75, 3.05) is 6.61 Å². The van der Waals surface area contributed by atoms with Crippen molar-refractivity contribution in [2.45, 2.75) is 12.1 Å². The Labute approximate surface area is 246 Å². The van der Waals surface area contributed by atoms with Crippen LogP contribution in [0.3, 0.4) is 0 Å². The Hall–Kier alpha value is -3.64. The highest BCUT2D eigenvalue weighted by atomic mass is 31.2. The molecule has 0 spiro atoms. The highest BCUT2D eigenvalue weighted by Gasteiger charge is 2.23. The molecule has 0 aliphatic rings. The molecule has 7 nitrogen and oxygen atoms in total. The van der Waals surface area contributed by atoms with Crippen molar-refractivity contribution < 1.29 is 29.1 Å². The van der Waals surface area contributed by atoms with Gasteiger partial charge in [-0.15, -0.1) is 0 Å². The molecule has 0 bridgehead atoms. The molecule has 0 fully saturated rings. The van der Waals surface area contributed by atoms with Gasteiger partial charge in [-0.2, -0.15) is 0 Å². The molecule has 5 rings (SSSR count). The van der Waals surface area contributed by atoms with Crippen molar-refractivity contribution >= 4 is 36.0 Å². The predicted molar refractivity (Wildman–Crippen MR) is 170 cm³/mol. The first kappa shape index (κ1) is 32.9. The van der Waals surface area contributed by atoms with Crippen molar-refractivity contribution in [1.29, 1.82) is 0 Å². The van der Waals surface area contributed by atoms with Crippen LogP contribution < -0.4 is 27.0 Å². The summed E-state index contributed by atoms with van der Waals surface area (Å²) >= 11 is 0. The van der Waals surface area contributed by atoms with Crippen LogP contribution in [-0.2, 0) is 9.13 Å². The first-order valence-electron chi connectivity index (χ1n) is 13.2. The Morgan fingerprint density at radius 2 is 0.738 bits per heavy atom. The molecule has 0 amide bonds. The largest absolute Gasteiger partial charge is 0.395 e. The molecule has 5 aromatic rings. The average molecular weight is 604 g/mol. The molecule has 2 atom stereocenters. The lowest BCUT2D eigenvalue weighted by Gasteiger charge is -2.16. The Bertz CT molecular complexity index is 1380. The summed E-state index contributed by atoms with van der Waals surface area (Å²) in [5.41, 5.74) is 6.18. The third-order valence-electron chi connectivity index (χ3n) is 6.18. The van der Waals surface area contributed by atoms with Gasteiger partial charge in [0.25, 0.3) is 14.7 Å². The standard InChI is InChI=1S/2C12H11O2P.C9H13NO2/c2*13-15(14,11-7-3-1-4-8-11)12-9-5-2-6-10-12;10-8(6-11)9(12)7-4-2-1-3-5-7/h2*1-10H,(H,13,14);1-5,8-9,11-12H,6,10H2. The quantitative estimate of drug-likeness (QED) is 0.178. The molecule has 0 aromatic heterocycles. The summed E-state index contributed by atoms with van der Waals surface area (Å²) < 4.78 is 24.3. The zero-order valence-electron chi connectivity index (χ0n) is 22.9. The number of hydrogen-bond donors (Lipinski definition) is 5. The maximum atomic E-state index is 12.2. The number of aliphatic hydroxyl groups excluding tert-OH is 2. The summed E-state index contributed by atoms with van der Waals surface area (Å²) in [4.78, 5) is 20.0. The van der Waals surface area contributed by atoms with E-state index in [-0.39, 0.29) is 6.61 Å². The second-order valence-corrected chi connectivity index (χ2v) is 13.6. The fourth-order valence-corrected chi connectivity index (χ4v) is 6.72. The van der Waals surface area contributed by atoms with Crippen molar-refractivity contribution in [1.82, 2.24) is 0 Å². The highest BCUT2D eigenvalue weighted by molar-refractivity contribution is 7.73. The fourth-order valence-electron chi connectivity index (χ4n) is 3.82. The van der Waals surface area contributed by atoms with Gasteiger partial charge in [-0.05, 0) is 54.1 Å². The van der Waals surface area contributed by atoms with E-state index in [2.05, 4.69) is 0 Å². The third kappa shape index (κ3) is 9.18. The van der Waals surface area contributed by atoms with E-state index in [4.69, 9.17) is 10.8 Å². The number of hydrogen-bond acceptors (Lipinski definition) is 5. The van der Waals surface area contributed by atoms with Gasteiger partial charge in [-0.3, -0.25) is 9.13 Å². The number of nitrogens with two attached hydrogens (primary N) is 1. The second-order valence-electron chi connectivity index (χ2n) is 9.20. The predicted octanol–water partition coefficient (Wildman–Crippen LogP) is 3.86. The molecule has 0 heterocycles. The van der Waals surface area contributed by atoms with Crippen LogP contribution in [0.5, 0.6) is 0 Å². The molecule has 0 aliphatic carbocycles. The van der Waals surface area contributed by atoms with Gasteiger partial charge in [-0.25, -0.2) is 0 Å². The first-order chi connectivity index (χ1) is 20.2. The summed E-state index contributed by atoms with van der Waals surface area (Å²) in [6.45, 7) is -0.212. The molecule has 42 heavy (non-hydrogen) atoms. The summed E-state index contributed by atoms with van der Waals surface area (Å²) in [7, 11) is -6.79. The zero-order chi connectivity index (χ0) is 30.4. The Kier molecular flexibility index (Phi) is 12.6. The Morgan fingerprint density at radius 3 is 0.976 bits per heavy atom. The van der Waals surface area contributed by atoms with Gasteiger partial charge in [0.1, 0.15) is 0 Å². The molecule has 0 aliphatic heterocycles. The minimum absolute atomic E-state index is 0.212. The van der Waals surface area contributed by atoms with Gasteiger partial charge in [0.15, 0.2) is 0 Å². The van der Waals surface area contributed by atoms with Crippen LogP contribution in [-0.4, -0.2) is 32.6 Å². The van der Waals surface area contributed by atoms with Gasteiger partial charge in [0.05, 0.1) is 18.8 Å². The molecular weight excluding hydrogens is 568 g/mol.